The van der Waals surface area contributed by atoms with Crippen LogP contribution < -0.4 is 15.4 Å². The molecule has 152 valence electrons. The lowest BCUT2D eigenvalue weighted by Crippen LogP contribution is -2.39. The van der Waals surface area contributed by atoms with Crippen LogP contribution in [-0.2, 0) is 9.59 Å². The minimum Gasteiger partial charge on any atom is -0.495 e. The number of ether oxygens (including phenoxy) is 1. The number of halogens is 1. The van der Waals surface area contributed by atoms with Crippen LogP contribution in [-0.4, -0.2) is 43.5 Å². The molecule has 0 saturated heterocycles. The van der Waals surface area contributed by atoms with Crippen LogP contribution in [0.3, 0.4) is 0 Å². The smallest absolute Gasteiger partial charge is 0.238 e. The van der Waals surface area contributed by atoms with E-state index in [2.05, 4.69) is 10.6 Å². The van der Waals surface area contributed by atoms with Crippen molar-refractivity contribution >= 4 is 34.8 Å². The average Bonchev–Trinajstić information content (AvgIpc) is 2.68. The van der Waals surface area contributed by atoms with Gasteiger partial charge in [0.15, 0.2) is 0 Å². The van der Waals surface area contributed by atoms with Crippen molar-refractivity contribution in [2.24, 2.45) is 0 Å². The van der Waals surface area contributed by atoms with Crippen LogP contribution in [0.2, 0.25) is 5.02 Å². The van der Waals surface area contributed by atoms with Gasteiger partial charge < -0.3 is 15.4 Å². The minimum absolute atomic E-state index is 0.0464. The zero-order valence-corrected chi connectivity index (χ0v) is 17.1. The molecule has 2 rings (SSSR count). The molecular weight excluding hydrogens is 392 g/mol. The maximum Gasteiger partial charge on any atom is 0.238 e. The molecule has 0 spiro atoms. The van der Waals surface area contributed by atoms with Gasteiger partial charge in [-0.1, -0.05) is 30.7 Å². The molecule has 29 heavy (non-hydrogen) atoms. The molecule has 0 aromatic heterocycles. The van der Waals surface area contributed by atoms with E-state index in [0.717, 1.165) is 6.42 Å². The highest BCUT2D eigenvalue weighted by atomic mass is 35.5. The maximum absolute atomic E-state index is 12.4. The number of nitriles is 1. The van der Waals surface area contributed by atoms with Crippen molar-refractivity contribution in [2.45, 2.75) is 13.3 Å². The molecule has 0 fully saturated rings. The van der Waals surface area contributed by atoms with E-state index in [1.54, 1.807) is 35.2 Å². The molecule has 0 radical (unpaired) electrons. The van der Waals surface area contributed by atoms with E-state index < -0.39 is 0 Å². The van der Waals surface area contributed by atoms with E-state index in [4.69, 9.17) is 21.6 Å². The summed E-state index contributed by atoms with van der Waals surface area (Å²) in [7, 11) is 1.54. The van der Waals surface area contributed by atoms with Crippen LogP contribution >= 0.6 is 11.6 Å². The number of anilines is 2. The van der Waals surface area contributed by atoms with Crippen molar-refractivity contribution in [1.29, 1.82) is 5.26 Å². The summed E-state index contributed by atoms with van der Waals surface area (Å²) in [6.45, 7) is 2.67. The van der Waals surface area contributed by atoms with Gasteiger partial charge in [0.2, 0.25) is 11.8 Å². The molecule has 7 nitrogen and oxygen atoms in total. The number of amides is 2. The lowest BCUT2D eigenvalue weighted by atomic mass is 10.2. The Bertz CT molecular complexity index is 911. The first kappa shape index (κ1) is 22.2. The molecule has 0 bridgehead atoms. The summed E-state index contributed by atoms with van der Waals surface area (Å²) in [5.41, 5.74) is 1.41. The van der Waals surface area contributed by atoms with Crippen LogP contribution in [0.4, 0.5) is 11.4 Å². The summed E-state index contributed by atoms with van der Waals surface area (Å²) >= 11 is 5.99. The topological polar surface area (TPSA) is 94.5 Å². The highest BCUT2D eigenvalue weighted by Gasteiger charge is 2.16. The van der Waals surface area contributed by atoms with E-state index in [1.165, 1.54) is 13.2 Å². The Morgan fingerprint density at radius 2 is 1.83 bits per heavy atom. The first-order valence-corrected chi connectivity index (χ1v) is 9.49. The summed E-state index contributed by atoms with van der Waals surface area (Å²) < 4.78 is 5.23. The van der Waals surface area contributed by atoms with Gasteiger partial charge in [0.1, 0.15) is 11.8 Å². The third-order valence-electron chi connectivity index (χ3n) is 4.03. The van der Waals surface area contributed by atoms with Crippen molar-refractivity contribution < 1.29 is 14.3 Å². The number of para-hydroxylation sites is 2. The van der Waals surface area contributed by atoms with Gasteiger partial charge in [-0.25, -0.2) is 0 Å². The summed E-state index contributed by atoms with van der Waals surface area (Å²) in [5.74, 6) is 0.0554. The van der Waals surface area contributed by atoms with E-state index in [9.17, 15) is 9.59 Å². The highest BCUT2D eigenvalue weighted by Crippen LogP contribution is 2.23. The number of nitrogens with zero attached hydrogens (tertiary/aromatic N) is 2. The van der Waals surface area contributed by atoms with Crippen LogP contribution in [0.25, 0.3) is 0 Å². The van der Waals surface area contributed by atoms with E-state index in [1.807, 2.05) is 19.1 Å². The standard InChI is InChI=1S/C21H23ClN4O3/c1-3-10-26(14-21(28)25-18-6-4-5-7-19(18)29-2)13-20(27)24-16-9-8-15(12-23)17(22)11-16/h4-9,11H,3,10,13-14H2,1-2H3,(H,24,27)(H,25,28). The molecule has 2 amide bonds. The number of rotatable bonds is 9. The van der Waals surface area contributed by atoms with Crippen LogP contribution in [0.15, 0.2) is 42.5 Å². The van der Waals surface area contributed by atoms with E-state index in [-0.39, 0.29) is 29.9 Å². The predicted molar refractivity (Wildman–Crippen MR) is 113 cm³/mol. The Hall–Kier alpha value is -3.08. The zero-order chi connectivity index (χ0) is 21.2. The average molecular weight is 415 g/mol. The van der Waals surface area contributed by atoms with Gasteiger partial charge in [0.05, 0.1) is 36.5 Å². The summed E-state index contributed by atoms with van der Waals surface area (Å²) in [5, 5.41) is 14.7. The molecule has 0 heterocycles. The molecule has 2 aromatic rings. The molecule has 0 aliphatic carbocycles. The highest BCUT2D eigenvalue weighted by molar-refractivity contribution is 6.32. The molecule has 2 aromatic carbocycles. The fraction of sp³-hybridized carbons (Fsp3) is 0.286. The summed E-state index contributed by atoms with van der Waals surface area (Å²) in [6.07, 6.45) is 0.790. The quantitative estimate of drug-likeness (QED) is 0.654. The normalized spacial score (nSPS) is 10.3. The molecule has 2 N–H and O–H groups in total. The van der Waals surface area contributed by atoms with Crippen molar-refractivity contribution in [3.05, 3.63) is 53.1 Å². The molecule has 0 saturated carbocycles. The monoisotopic (exact) mass is 414 g/mol. The van der Waals surface area contributed by atoms with Gasteiger partial charge >= 0.3 is 0 Å². The summed E-state index contributed by atoms with van der Waals surface area (Å²) in [6, 6.07) is 13.8. The van der Waals surface area contributed by atoms with Gasteiger partial charge in [-0.3, -0.25) is 14.5 Å². The molecule has 0 aliphatic heterocycles. The SMILES string of the molecule is CCCN(CC(=O)Nc1ccc(C#N)c(Cl)c1)CC(=O)Nc1ccccc1OC. The molecular formula is C21H23ClN4O3. The van der Waals surface area contributed by atoms with E-state index >= 15 is 0 Å². The van der Waals surface area contributed by atoms with Crippen LogP contribution in [0.1, 0.15) is 18.9 Å². The van der Waals surface area contributed by atoms with Gasteiger partial charge in [0.25, 0.3) is 0 Å². The summed E-state index contributed by atoms with van der Waals surface area (Å²) in [4.78, 5) is 26.6. The number of carbonyl (C=O) groups is 2. The second-order valence-corrected chi connectivity index (χ2v) is 6.72. The first-order chi connectivity index (χ1) is 14.0. The van der Waals surface area contributed by atoms with Crippen LogP contribution in [0.5, 0.6) is 5.75 Å². The lowest BCUT2D eigenvalue weighted by Gasteiger charge is -2.21. The van der Waals surface area contributed by atoms with Crippen molar-refractivity contribution in [3.8, 4) is 11.8 Å². The van der Waals surface area contributed by atoms with Gasteiger partial charge in [0, 0.05) is 5.69 Å². The maximum atomic E-state index is 12.4. The Labute approximate surface area is 175 Å². The third kappa shape index (κ3) is 6.79. The van der Waals surface area contributed by atoms with Crippen molar-refractivity contribution in [1.82, 2.24) is 4.90 Å². The van der Waals surface area contributed by atoms with Crippen molar-refractivity contribution in [3.63, 3.8) is 0 Å². The van der Waals surface area contributed by atoms with Gasteiger partial charge in [-0.15, -0.1) is 0 Å². The van der Waals surface area contributed by atoms with E-state index in [0.29, 0.717) is 29.2 Å². The number of hydrogen-bond donors (Lipinski definition) is 2. The zero-order valence-electron chi connectivity index (χ0n) is 16.4. The van der Waals surface area contributed by atoms with Crippen molar-refractivity contribution in [2.75, 3.05) is 37.4 Å². The number of benzene rings is 2. The molecule has 0 unspecified atom stereocenters. The lowest BCUT2D eigenvalue weighted by molar-refractivity contribution is -0.120. The Morgan fingerprint density at radius 3 is 2.45 bits per heavy atom. The predicted octanol–water partition coefficient (Wildman–Crippen LogP) is 3.51. The molecule has 0 aliphatic rings. The number of carbonyl (C=O) groups excluding carboxylic acids is 2. The molecule has 8 heteroatoms. The third-order valence-corrected chi connectivity index (χ3v) is 4.34. The van der Waals surface area contributed by atoms with Gasteiger partial charge in [-0.05, 0) is 43.3 Å². The number of nitrogens with one attached hydrogen (secondary N) is 2. The first-order valence-electron chi connectivity index (χ1n) is 9.11. The minimum atomic E-state index is -0.274. The van der Waals surface area contributed by atoms with Crippen LogP contribution in [0, 0.1) is 11.3 Å². The fourth-order valence-electron chi connectivity index (χ4n) is 2.76. The number of hydrogen-bond acceptors (Lipinski definition) is 5. The van der Waals surface area contributed by atoms with Gasteiger partial charge in [-0.2, -0.15) is 5.26 Å². The fourth-order valence-corrected chi connectivity index (χ4v) is 2.98. The molecule has 0 atom stereocenters. The Kier molecular flexibility index (Phi) is 8.46. The Morgan fingerprint density at radius 1 is 1.14 bits per heavy atom. The largest absolute Gasteiger partial charge is 0.495 e. The number of methoxy groups -OCH3 is 1. The Balaban J connectivity index is 1.96. The second-order valence-electron chi connectivity index (χ2n) is 6.31. The second kappa shape index (κ2) is 11.1.